The zero-order valence-corrected chi connectivity index (χ0v) is 12.6. The SMILES string of the molecule is CCCNCc1cn(CCN2CC3CCCC3C2)nn1. The Bertz CT molecular complexity index is 404. The third-order valence-corrected chi connectivity index (χ3v) is 4.77. The Labute approximate surface area is 121 Å². The van der Waals surface area contributed by atoms with Gasteiger partial charge < -0.3 is 10.2 Å². The van der Waals surface area contributed by atoms with Crippen molar-refractivity contribution in [3.05, 3.63) is 11.9 Å². The number of nitrogens with zero attached hydrogens (tertiary/aromatic N) is 4. The highest BCUT2D eigenvalue weighted by Crippen LogP contribution is 2.37. The fourth-order valence-electron chi connectivity index (χ4n) is 3.68. The third kappa shape index (κ3) is 3.38. The van der Waals surface area contributed by atoms with Crippen molar-refractivity contribution in [1.82, 2.24) is 25.2 Å². The number of nitrogens with one attached hydrogen (secondary N) is 1. The maximum Gasteiger partial charge on any atom is 0.0964 e. The lowest BCUT2D eigenvalue weighted by molar-refractivity contribution is 0.291. The molecule has 112 valence electrons. The molecule has 2 aliphatic rings. The molecule has 5 heteroatoms. The Hall–Kier alpha value is -0.940. The zero-order valence-electron chi connectivity index (χ0n) is 12.6. The molecule has 0 bridgehead atoms. The fourth-order valence-corrected chi connectivity index (χ4v) is 3.68. The Morgan fingerprint density at radius 1 is 1.25 bits per heavy atom. The summed E-state index contributed by atoms with van der Waals surface area (Å²) in [5.41, 5.74) is 1.05. The molecular formula is C15H27N5. The van der Waals surface area contributed by atoms with Gasteiger partial charge in [0.25, 0.3) is 0 Å². The molecule has 0 radical (unpaired) electrons. The van der Waals surface area contributed by atoms with E-state index in [0.717, 1.165) is 50.1 Å². The van der Waals surface area contributed by atoms with Crippen LogP contribution in [-0.4, -0.2) is 46.1 Å². The molecule has 1 aromatic heterocycles. The Morgan fingerprint density at radius 3 is 2.80 bits per heavy atom. The fraction of sp³-hybridized carbons (Fsp3) is 0.867. The van der Waals surface area contributed by atoms with Crippen LogP contribution in [0.5, 0.6) is 0 Å². The molecule has 0 aromatic carbocycles. The van der Waals surface area contributed by atoms with Crippen molar-refractivity contribution >= 4 is 0 Å². The van der Waals surface area contributed by atoms with Gasteiger partial charge in [-0.25, -0.2) is 0 Å². The van der Waals surface area contributed by atoms with Crippen molar-refractivity contribution < 1.29 is 0 Å². The van der Waals surface area contributed by atoms with Crippen LogP contribution in [0.3, 0.4) is 0 Å². The third-order valence-electron chi connectivity index (χ3n) is 4.77. The molecule has 1 saturated carbocycles. The number of hydrogen-bond donors (Lipinski definition) is 1. The van der Waals surface area contributed by atoms with E-state index in [1.165, 1.54) is 32.4 Å². The van der Waals surface area contributed by atoms with Crippen LogP contribution < -0.4 is 5.32 Å². The van der Waals surface area contributed by atoms with Crippen LogP contribution in [0, 0.1) is 11.8 Å². The van der Waals surface area contributed by atoms with Crippen LogP contribution in [-0.2, 0) is 13.1 Å². The highest BCUT2D eigenvalue weighted by Gasteiger charge is 2.35. The van der Waals surface area contributed by atoms with Gasteiger partial charge in [0, 0.05) is 32.4 Å². The summed E-state index contributed by atoms with van der Waals surface area (Å²) in [7, 11) is 0. The van der Waals surface area contributed by atoms with E-state index in [-0.39, 0.29) is 0 Å². The number of fused-ring (bicyclic) bond motifs is 1. The van der Waals surface area contributed by atoms with Gasteiger partial charge in [-0.2, -0.15) is 0 Å². The lowest BCUT2D eigenvalue weighted by Gasteiger charge is -2.16. The summed E-state index contributed by atoms with van der Waals surface area (Å²) in [6, 6.07) is 0. The van der Waals surface area contributed by atoms with Gasteiger partial charge >= 0.3 is 0 Å². The van der Waals surface area contributed by atoms with Crippen molar-refractivity contribution in [2.75, 3.05) is 26.2 Å². The lowest BCUT2D eigenvalue weighted by atomic mass is 10.0. The Morgan fingerprint density at radius 2 is 2.05 bits per heavy atom. The number of aromatic nitrogens is 3. The van der Waals surface area contributed by atoms with Crippen LogP contribution in [0.4, 0.5) is 0 Å². The molecule has 0 spiro atoms. The van der Waals surface area contributed by atoms with Crippen molar-refractivity contribution in [3.63, 3.8) is 0 Å². The molecule has 0 amide bonds. The monoisotopic (exact) mass is 277 g/mol. The van der Waals surface area contributed by atoms with E-state index >= 15 is 0 Å². The van der Waals surface area contributed by atoms with E-state index in [9.17, 15) is 0 Å². The summed E-state index contributed by atoms with van der Waals surface area (Å²) >= 11 is 0. The average Bonchev–Trinajstić information content (AvgIpc) is 3.11. The smallest absolute Gasteiger partial charge is 0.0964 e. The molecule has 2 fully saturated rings. The highest BCUT2D eigenvalue weighted by atomic mass is 15.4. The van der Waals surface area contributed by atoms with Gasteiger partial charge in [-0.05, 0) is 37.6 Å². The van der Waals surface area contributed by atoms with E-state index in [4.69, 9.17) is 0 Å². The van der Waals surface area contributed by atoms with Gasteiger partial charge in [-0.3, -0.25) is 4.68 Å². The van der Waals surface area contributed by atoms with Gasteiger partial charge in [0.15, 0.2) is 0 Å². The van der Waals surface area contributed by atoms with E-state index in [1.54, 1.807) is 0 Å². The number of hydrogen-bond acceptors (Lipinski definition) is 4. The summed E-state index contributed by atoms with van der Waals surface area (Å²) in [6.07, 6.45) is 7.61. The van der Waals surface area contributed by atoms with Crippen LogP contribution in [0.2, 0.25) is 0 Å². The predicted molar refractivity (Wildman–Crippen MR) is 79.3 cm³/mol. The second-order valence-electron chi connectivity index (χ2n) is 6.36. The lowest BCUT2D eigenvalue weighted by Crippen LogP contribution is -2.26. The molecule has 5 nitrogen and oxygen atoms in total. The molecule has 1 aromatic rings. The summed E-state index contributed by atoms with van der Waals surface area (Å²) in [4.78, 5) is 2.62. The van der Waals surface area contributed by atoms with Crippen molar-refractivity contribution in [2.45, 2.75) is 45.7 Å². The van der Waals surface area contributed by atoms with Gasteiger partial charge in [-0.1, -0.05) is 18.6 Å². The van der Waals surface area contributed by atoms with Crippen LogP contribution >= 0.6 is 0 Å². The first kappa shape index (κ1) is 14.0. The minimum Gasteiger partial charge on any atom is -0.311 e. The van der Waals surface area contributed by atoms with Crippen molar-refractivity contribution in [3.8, 4) is 0 Å². The molecule has 1 N–H and O–H groups in total. The van der Waals surface area contributed by atoms with E-state index < -0.39 is 0 Å². The summed E-state index contributed by atoms with van der Waals surface area (Å²) in [6.45, 7) is 8.77. The largest absolute Gasteiger partial charge is 0.311 e. The zero-order chi connectivity index (χ0) is 13.8. The molecule has 2 heterocycles. The normalized spacial score (nSPS) is 26.2. The highest BCUT2D eigenvalue weighted by molar-refractivity contribution is 4.92. The summed E-state index contributed by atoms with van der Waals surface area (Å²) in [5.74, 6) is 1.97. The van der Waals surface area contributed by atoms with Crippen molar-refractivity contribution in [2.24, 2.45) is 11.8 Å². The van der Waals surface area contributed by atoms with Crippen LogP contribution in [0.15, 0.2) is 6.20 Å². The van der Waals surface area contributed by atoms with E-state index in [2.05, 4.69) is 33.6 Å². The molecule has 1 aliphatic heterocycles. The first-order valence-corrected chi connectivity index (χ1v) is 8.17. The standard InChI is InChI=1S/C15H27N5/c1-2-6-16-9-15-12-20(18-17-15)8-7-19-10-13-4-3-5-14(13)11-19/h12-14,16H,2-11H2,1H3. The van der Waals surface area contributed by atoms with E-state index in [0.29, 0.717) is 0 Å². The maximum absolute atomic E-state index is 4.23. The molecule has 2 unspecified atom stereocenters. The second-order valence-corrected chi connectivity index (χ2v) is 6.36. The molecule has 1 aliphatic carbocycles. The number of likely N-dealkylation sites (tertiary alicyclic amines) is 1. The van der Waals surface area contributed by atoms with Crippen LogP contribution in [0.25, 0.3) is 0 Å². The molecule has 3 rings (SSSR count). The predicted octanol–water partition coefficient (Wildman–Crippen LogP) is 1.51. The summed E-state index contributed by atoms with van der Waals surface area (Å²) < 4.78 is 2.00. The average molecular weight is 277 g/mol. The second kappa shape index (κ2) is 6.68. The Balaban J connectivity index is 1.40. The molecule has 20 heavy (non-hydrogen) atoms. The minimum atomic E-state index is 0.835. The van der Waals surface area contributed by atoms with Crippen LogP contribution in [0.1, 0.15) is 38.3 Å². The van der Waals surface area contributed by atoms with Gasteiger partial charge in [0.1, 0.15) is 0 Å². The minimum absolute atomic E-state index is 0.835. The molecule has 1 saturated heterocycles. The van der Waals surface area contributed by atoms with Gasteiger partial charge in [0.05, 0.1) is 12.2 Å². The first-order valence-electron chi connectivity index (χ1n) is 8.17. The molecule has 2 atom stereocenters. The molecular weight excluding hydrogens is 250 g/mol. The first-order chi connectivity index (χ1) is 9.85. The quantitative estimate of drug-likeness (QED) is 0.767. The van der Waals surface area contributed by atoms with Crippen molar-refractivity contribution in [1.29, 1.82) is 0 Å². The number of rotatable bonds is 7. The maximum atomic E-state index is 4.23. The van der Waals surface area contributed by atoms with Gasteiger partial charge in [-0.15, -0.1) is 5.10 Å². The van der Waals surface area contributed by atoms with E-state index in [1.807, 2.05) is 4.68 Å². The van der Waals surface area contributed by atoms with Gasteiger partial charge in [0.2, 0.25) is 0 Å². The topological polar surface area (TPSA) is 46.0 Å². The summed E-state index contributed by atoms with van der Waals surface area (Å²) in [5, 5.41) is 11.8. The Kier molecular flexibility index (Phi) is 4.68.